The van der Waals surface area contributed by atoms with Gasteiger partial charge >= 0.3 is 0 Å². The minimum absolute atomic E-state index is 0.00572. The Kier molecular flexibility index (Phi) is 5.95. The molecule has 0 N–H and O–H groups in total. The Balaban J connectivity index is 1.59. The smallest absolute Gasteiger partial charge is 0.210 e. The second-order valence-electron chi connectivity index (χ2n) is 11.0. The monoisotopic (exact) mass is 463 g/mol. The van der Waals surface area contributed by atoms with E-state index in [-0.39, 0.29) is 10.8 Å². The molecule has 35 heavy (non-hydrogen) atoms. The van der Waals surface area contributed by atoms with E-state index < -0.39 is 0 Å². The van der Waals surface area contributed by atoms with Crippen LogP contribution in [0.5, 0.6) is 0 Å². The van der Waals surface area contributed by atoms with Gasteiger partial charge in [-0.05, 0) is 54.8 Å². The molecule has 2 aliphatic rings. The van der Waals surface area contributed by atoms with Gasteiger partial charge in [0.2, 0.25) is 5.69 Å². The molecular formula is C33H39N2+. The molecule has 0 saturated carbocycles. The van der Waals surface area contributed by atoms with E-state index in [1.54, 1.807) is 0 Å². The molecule has 3 aromatic carbocycles. The standard InChI is InChI=1S/C33H39N2/c1-7-22-34-27-17-12-11-16-26(27)32(3,4)29(34)18-13-19-30-33(5,6)31-25-15-10-9-14-24(25)20-21-28(31)35(30)23-8-2/h9-21H,7-8,22-23H2,1-6H3/q+1. The lowest BCUT2D eigenvalue weighted by Gasteiger charge is -2.26. The number of benzene rings is 3. The zero-order valence-electron chi connectivity index (χ0n) is 22.2. The molecule has 0 spiro atoms. The molecule has 0 unspecified atom stereocenters. The van der Waals surface area contributed by atoms with Gasteiger partial charge in [-0.15, -0.1) is 0 Å². The number of fused-ring (bicyclic) bond motifs is 4. The van der Waals surface area contributed by atoms with Gasteiger partial charge in [0.25, 0.3) is 0 Å². The van der Waals surface area contributed by atoms with Gasteiger partial charge in [0.05, 0.1) is 5.41 Å². The number of anilines is 1. The lowest BCUT2D eigenvalue weighted by molar-refractivity contribution is -0.437. The average Bonchev–Trinajstić information content (AvgIpc) is 3.19. The molecule has 2 aliphatic heterocycles. The molecule has 2 heterocycles. The van der Waals surface area contributed by atoms with Crippen molar-refractivity contribution < 1.29 is 4.58 Å². The normalized spacial score (nSPS) is 19.3. The summed E-state index contributed by atoms with van der Waals surface area (Å²) in [7, 11) is 0. The van der Waals surface area contributed by atoms with Crippen molar-refractivity contribution in [2.75, 3.05) is 18.0 Å². The van der Waals surface area contributed by atoms with Crippen molar-refractivity contribution in [3.05, 3.63) is 95.7 Å². The molecule has 0 aromatic heterocycles. The number of nitrogens with zero attached hydrogens (tertiary/aromatic N) is 2. The highest BCUT2D eigenvalue weighted by molar-refractivity contribution is 6.07. The van der Waals surface area contributed by atoms with Crippen LogP contribution < -0.4 is 4.90 Å². The third-order valence-electron chi connectivity index (χ3n) is 7.96. The Bertz CT molecular complexity index is 1370. The molecule has 0 bridgehead atoms. The van der Waals surface area contributed by atoms with Gasteiger partial charge < -0.3 is 4.90 Å². The van der Waals surface area contributed by atoms with Crippen molar-refractivity contribution >= 4 is 27.9 Å². The topological polar surface area (TPSA) is 6.25 Å². The maximum atomic E-state index is 2.55. The summed E-state index contributed by atoms with van der Waals surface area (Å²) < 4.78 is 2.55. The second kappa shape index (κ2) is 8.82. The first-order valence-electron chi connectivity index (χ1n) is 13.3. The van der Waals surface area contributed by atoms with E-state index in [2.05, 4.69) is 130 Å². The van der Waals surface area contributed by atoms with E-state index in [0.29, 0.717) is 0 Å². The first kappa shape index (κ1) is 23.6. The average molecular weight is 464 g/mol. The van der Waals surface area contributed by atoms with Crippen LogP contribution in [0.25, 0.3) is 10.8 Å². The third-order valence-corrected chi connectivity index (χ3v) is 7.96. The van der Waals surface area contributed by atoms with Crippen LogP contribution in [0.4, 0.5) is 11.4 Å². The zero-order chi connectivity index (χ0) is 24.8. The minimum atomic E-state index is -0.0579. The van der Waals surface area contributed by atoms with E-state index in [0.717, 1.165) is 25.9 Å². The van der Waals surface area contributed by atoms with Crippen LogP contribution in [0.2, 0.25) is 0 Å². The Morgan fingerprint density at radius 2 is 1.57 bits per heavy atom. The van der Waals surface area contributed by atoms with Crippen molar-refractivity contribution in [1.29, 1.82) is 0 Å². The molecular weight excluding hydrogens is 424 g/mol. The minimum Gasteiger partial charge on any atom is -0.344 e. The van der Waals surface area contributed by atoms with Crippen molar-refractivity contribution in [2.45, 2.75) is 65.2 Å². The Morgan fingerprint density at radius 1 is 0.829 bits per heavy atom. The molecule has 2 heteroatoms. The van der Waals surface area contributed by atoms with Crippen molar-refractivity contribution in [3.8, 4) is 0 Å². The summed E-state index contributed by atoms with van der Waals surface area (Å²) in [5, 5.41) is 2.70. The van der Waals surface area contributed by atoms with Crippen LogP contribution >= 0.6 is 0 Å². The van der Waals surface area contributed by atoms with Crippen LogP contribution in [-0.4, -0.2) is 23.4 Å². The second-order valence-corrected chi connectivity index (χ2v) is 11.0. The fraction of sp³-hybridized carbons (Fsp3) is 0.364. The van der Waals surface area contributed by atoms with Crippen LogP contribution in [0, 0.1) is 0 Å². The summed E-state index contributed by atoms with van der Waals surface area (Å²) >= 11 is 0. The highest BCUT2D eigenvalue weighted by atomic mass is 15.2. The number of para-hydroxylation sites is 1. The fourth-order valence-corrected chi connectivity index (χ4v) is 6.34. The summed E-state index contributed by atoms with van der Waals surface area (Å²) in [5.74, 6) is 0. The van der Waals surface area contributed by atoms with Gasteiger partial charge in [0, 0.05) is 47.5 Å². The van der Waals surface area contributed by atoms with E-state index in [1.165, 1.54) is 44.7 Å². The third kappa shape index (κ3) is 3.66. The number of hydrogen-bond acceptors (Lipinski definition) is 1. The van der Waals surface area contributed by atoms with Gasteiger partial charge in [-0.3, -0.25) is 0 Å². The zero-order valence-corrected chi connectivity index (χ0v) is 22.2. The highest BCUT2D eigenvalue weighted by Crippen LogP contribution is 2.48. The van der Waals surface area contributed by atoms with Gasteiger partial charge in [-0.1, -0.05) is 76.2 Å². The van der Waals surface area contributed by atoms with Crippen molar-refractivity contribution in [2.24, 2.45) is 0 Å². The largest absolute Gasteiger partial charge is 0.344 e. The maximum Gasteiger partial charge on any atom is 0.210 e. The van der Waals surface area contributed by atoms with E-state index in [1.807, 2.05) is 0 Å². The molecule has 180 valence electrons. The van der Waals surface area contributed by atoms with Gasteiger partial charge in [-0.2, -0.15) is 4.58 Å². The Hall–Kier alpha value is -3.13. The number of rotatable bonds is 6. The first-order chi connectivity index (χ1) is 16.8. The Morgan fingerprint density at radius 3 is 2.34 bits per heavy atom. The number of allylic oxidation sites excluding steroid dienone is 4. The first-order valence-corrected chi connectivity index (χ1v) is 13.3. The van der Waals surface area contributed by atoms with E-state index in [9.17, 15) is 0 Å². The predicted octanol–water partition coefficient (Wildman–Crippen LogP) is 8.27. The molecule has 0 aliphatic carbocycles. The van der Waals surface area contributed by atoms with Gasteiger partial charge in [0.15, 0.2) is 5.71 Å². The predicted molar refractivity (Wildman–Crippen MR) is 151 cm³/mol. The summed E-state index contributed by atoms with van der Waals surface area (Å²) in [6.07, 6.45) is 9.29. The van der Waals surface area contributed by atoms with Crippen molar-refractivity contribution in [3.63, 3.8) is 0 Å². The van der Waals surface area contributed by atoms with E-state index in [4.69, 9.17) is 0 Å². The molecule has 2 nitrogen and oxygen atoms in total. The lowest BCUT2D eigenvalue weighted by Crippen LogP contribution is -2.28. The van der Waals surface area contributed by atoms with E-state index >= 15 is 0 Å². The summed E-state index contributed by atoms with van der Waals surface area (Å²) in [6.45, 7) is 16.1. The van der Waals surface area contributed by atoms with Gasteiger partial charge in [-0.25, -0.2) is 0 Å². The van der Waals surface area contributed by atoms with Crippen LogP contribution in [0.1, 0.15) is 65.5 Å². The number of hydrogen-bond donors (Lipinski definition) is 0. The van der Waals surface area contributed by atoms with Gasteiger partial charge in [0.1, 0.15) is 6.54 Å². The van der Waals surface area contributed by atoms with Crippen LogP contribution in [0.15, 0.2) is 84.6 Å². The fourth-order valence-electron chi connectivity index (χ4n) is 6.34. The molecule has 0 saturated heterocycles. The summed E-state index contributed by atoms with van der Waals surface area (Å²) in [4.78, 5) is 2.52. The lowest BCUT2D eigenvalue weighted by atomic mass is 9.79. The molecule has 0 fully saturated rings. The maximum absolute atomic E-state index is 2.55. The molecule has 0 radical (unpaired) electrons. The van der Waals surface area contributed by atoms with Crippen LogP contribution in [0.3, 0.4) is 0 Å². The molecule has 0 amide bonds. The molecule has 0 atom stereocenters. The molecule has 5 rings (SSSR count). The SMILES string of the molecule is CCCN1C(=CC=CC2=[N+](CCC)c3ccc4ccccc4c3C2(C)C)C(C)(C)c2ccccc21. The summed E-state index contributed by atoms with van der Waals surface area (Å²) in [6, 6.07) is 22.3. The van der Waals surface area contributed by atoms with Crippen molar-refractivity contribution in [1.82, 2.24) is 0 Å². The summed E-state index contributed by atoms with van der Waals surface area (Å²) in [5.41, 5.74) is 8.32. The Labute approximate surface area is 211 Å². The quantitative estimate of drug-likeness (QED) is 0.333. The van der Waals surface area contributed by atoms with Crippen LogP contribution in [-0.2, 0) is 10.8 Å². The molecule has 3 aromatic rings. The highest BCUT2D eigenvalue weighted by Gasteiger charge is 2.45.